The summed E-state index contributed by atoms with van der Waals surface area (Å²) in [6.45, 7) is 11.8. The summed E-state index contributed by atoms with van der Waals surface area (Å²) in [5.74, 6) is 0.786. The molecular weight excluding hydrogens is 556 g/mol. The van der Waals surface area contributed by atoms with E-state index in [-0.39, 0.29) is 23.7 Å². The SMILES string of the molecule is C=CCn1c(SCC(=O)Nc2sc3c(c2C(=O)OC(C)C)CCCC3)nnc1C(C)Oc1ccc(Cl)c(C)c1. The first-order chi connectivity index (χ1) is 18.7. The number of nitrogens with zero attached hydrogens (tertiary/aromatic N) is 3. The number of thiophene rings is 1. The summed E-state index contributed by atoms with van der Waals surface area (Å²) in [7, 11) is 0. The van der Waals surface area contributed by atoms with E-state index in [9.17, 15) is 9.59 Å². The number of ether oxygens (including phenoxy) is 2. The lowest BCUT2D eigenvalue weighted by Crippen LogP contribution is -2.19. The second kappa shape index (κ2) is 13.0. The molecule has 1 amide bonds. The van der Waals surface area contributed by atoms with Crippen molar-refractivity contribution in [2.45, 2.75) is 77.3 Å². The van der Waals surface area contributed by atoms with E-state index in [4.69, 9.17) is 21.1 Å². The molecule has 1 N–H and O–H groups in total. The first kappa shape index (κ1) is 29.2. The number of carbonyl (C=O) groups excluding carboxylic acids is 2. The molecule has 208 valence electrons. The van der Waals surface area contributed by atoms with Gasteiger partial charge in [0.2, 0.25) is 5.91 Å². The summed E-state index contributed by atoms with van der Waals surface area (Å²) in [5, 5.41) is 13.4. The number of benzene rings is 1. The van der Waals surface area contributed by atoms with Crippen molar-refractivity contribution in [3.8, 4) is 5.75 Å². The molecule has 0 radical (unpaired) electrons. The van der Waals surface area contributed by atoms with Crippen LogP contribution in [0.1, 0.15) is 71.9 Å². The molecule has 3 aromatic rings. The fraction of sp³-hybridized carbons (Fsp3) is 0.429. The Morgan fingerprint density at radius 3 is 2.74 bits per heavy atom. The van der Waals surface area contributed by atoms with Gasteiger partial charge in [-0.05, 0) is 82.7 Å². The van der Waals surface area contributed by atoms with Crippen molar-refractivity contribution in [1.29, 1.82) is 0 Å². The normalized spacial score (nSPS) is 13.6. The molecule has 0 saturated carbocycles. The van der Waals surface area contributed by atoms with E-state index in [1.54, 1.807) is 12.1 Å². The number of fused-ring (bicyclic) bond motifs is 1. The summed E-state index contributed by atoms with van der Waals surface area (Å²) >= 11 is 8.88. The summed E-state index contributed by atoms with van der Waals surface area (Å²) in [5.41, 5.74) is 2.44. The van der Waals surface area contributed by atoms with E-state index in [1.165, 1.54) is 23.1 Å². The summed E-state index contributed by atoms with van der Waals surface area (Å²) in [6, 6.07) is 5.49. The number of hydrogen-bond donors (Lipinski definition) is 1. The highest BCUT2D eigenvalue weighted by Crippen LogP contribution is 2.39. The molecular formula is C28H33ClN4O4S2. The van der Waals surface area contributed by atoms with Gasteiger partial charge in [0, 0.05) is 16.4 Å². The molecule has 2 aromatic heterocycles. The average Bonchev–Trinajstić information content (AvgIpc) is 3.45. The molecule has 0 aliphatic heterocycles. The van der Waals surface area contributed by atoms with Crippen LogP contribution in [-0.2, 0) is 28.9 Å². The van der Waals surface area contributed by atoms with Gasteiger partial charge in [-0.2, -0.15) is 0 Å². The minimum Gasteiger partial charge on any atom is -0.483 e. The summed E-state index contributed by atoms with van der Waals surface area (Å²) in [4.78, 5) is 27.1. The van der Waals surface area contributed by atoms with Crippen LogP contribution >= 0.6 is 34.7 Å². The smallest absolute Gasteiger partial charge is 0.341 e. The van der Waals surface area contributed by atoms with Crippen molar-refractivity contribution in [3.05, 3.63) is 63.3 Å². The van der Waals surface area contributed by atoms with Gasteiger partial charge in [-0.3, -0.25) is 9.36 Å². The quantitative estimate of drug-likeness (QED) is 0.149. The highest BCUT2D eigenvalue weighted by molar-refractivity contribution is 7.99. The first-order valence-electron chi connectivity index (χ1n) is 12.9. The number of halogens is 1. The van der Waals surface area contributed by atoms with Crippen molar-refractivity contribution in [3.63, 3.8) is 0 Å². The van der Waals surface area contributed by atoms with Crippen LogP contribution in [0.25, 0.3) is 0 Å². The number of esters is 1. The zero-order valence-corrected chi connectivity index (χ0v) is 25.0. The maximum Gasteiger partial charge on any atom is 0.341 e. The van der Waals surface area contributed by atoms with E-state index in [2.05, 4.69) is 22.1 Å². The zero-order valence-electron chi connectivity index (χ0n) is 22.6. The van der Waals surface area contributed by atoms with Crippen LogP contribution in [0.15, 0.2) is 36.0 Å². The molecule has 1 aromatic carbocycles. The van der Waals surface area contributed by atoms with E-state index in [0.29, 0.717) is 38.9 Å². The molecule has 39 heavy (non-hydrogen) atoms. The molecule has 1 aliphatic rings. The number of allylic oxidation sites excluding steroid dienone is 1. The maximum atomic E-state index is 13.0. The van der Waals surface area contributed by atoms with Crippen LogP contribution in [0.3, 0.4) is 0 Å². The van der Waals surface area contributed by atoms with Crippen molar-refractivity contribution in [2.75, 3.05) is 11.1 Å². The molecule has 8 nitrogen and oxygen atoms in total. The van der Waals surface area contributed by atoms with Crippen LogP contribution in [0.5, 0.6) is 5.75 Å². The predicted octanol–water partition coefficient (Wildman–Crippen LogP) is 6.80. The maximum absolute atomic E-state index is 13.0. The Kier molecular flexibility index (Phi) is 9.74. The Morgan fingerprint density at radius 1 is 1.26 bits per heavy atom. The van der Waals surface area contributed by atoms with Crippen LogP contribution in [0.4, 0.5) is 5.00 Å². The number of aryl methyl sites for hydroxylation is 2. The fourth-order valence-corrected chi connectivity index (χ4v) is 6.56. The number of thioether (sulfide) groups is 1. The fourth-order valence-electron chi connectivity index (χ4n) is 4.39. The van der Waals surface area contributed by atoms with E-state index in [1.807, 2.05) is 44.4 Å². The van der Waals surface area contributed by atoms with E-state index in [0.717, 1.165) is 41.7 Å². The molecule has 0 spiro atoms. The monoisotopic (exact) mass is 588 g/mol. The Balaban J connectivity index is 1.46. The van der Waals surface area contributed by atoms with Crippen LogP contribution in [0, 0.1) is 6.92 Å². The number of aromatic nitrogens is 3. The summed E-state index contributed by atoms with van der Waals surface area (Å²) in [6.07, 6.45) is 4.95. The molecule has 0 fully saturated rings. The Bertz CT molecular complexity index is 1370. The molecule has 4 rings (SSSR count). The third-order valence-electron chi connectivity index (χ3n) is 6.17. The van der Waals surface area contributed by atoms with Gasteiger partial charge in [0.1, 0.15) is 10.8 Å². The number of anilines is 1. The number of amides is 1. The van der Waals surface area contributed by atoms with Gasteiger partial charge in [-0.1, -0.05) is 29.4 Å². The van der Waals surface area contributed by atoms with Crippen molar-refractivity contribution < 1.29 is 19.1 Å². The molecule has 2 heterocycles. The van der Waals surface area contributed by atoms with Gasteiger partial charge >= 0.3 is 5.97 Å². The number of nitrogens with one attached hydrogen (secondary N) is 1. The van der Waals surface area contributed by atoms with E-state index < -0.39 is 6.10 Å². The van der Waals surface area contributed by atoms with E-state index >= 15 is 0 Å². The Hall–Kier alpha value is -2.82. The van der Waals surface area contributed by atoms with Gasteiger partial charge < -0.3 is 14.8 Å². The molecule has 1 unspecified atom stereocenters. The lowest BCUT2D eigenvalue weighted by molar-refractivity contribution is -0.113. The van der Waals surface area contributed by atoms with Crippen molar-refractivity contribution in [1.82, 2.24) is 14.8 Å². The van der Waals surface area contributed by atoms with Crippen LogP contribution < -0.4 is 10.1 Å². The van der Waals surface area contributed by atoms with Gasteiger partial charge in [-0.15, -0.1) is 28.1 Å². The first-order valence-corrected chi connectivity index (χ1v) is 15.1. The molecule has 1 atom stereocenters. The third-order valence-corrected chi connectivity index (χ3v) is 8.76. The minimum absolute atomic E-state index is 0.0993. The number of carbonyl (C=O) groups is 2. The molecule has 0 saturated heterocycles. The second-order valence-electron chi connectivity index (χ2n) is 9.62. The van der Waals surface area contributed by atoms with Crippen molar-refractivity contribution >= 4 is 51.6 Å². The van der Waals surface area contributed by atoms with Gasteiger partial charge in [0.05, 0.1) is 17.4 Å². The summed E-state index contributed by atoms with van der Waals surface area (Å²) < 4.78 is 13.5. The number of hydrogen-bond acceptors (Lipinski definition) is 8. The molecule has 0 bridgehead atoms. The second-order valence-corrected chi connectivity index (χ2v) is 12.1. The largest absolute Gasteiger partial charge is 0.483 e. The predicted molar refractivity (Wildman–Crippen MR) is 156 cm³/mol. The zero-order chi connectivity index (χ0) is 28.1. The standard InChI is InChI=1S/C28H33ClN4O4S2/c1-6-13-33-25(18(5)37-19-11-12-21(29)17(4)14-19)31-32-28(33)38-15-23(34)30-26-24(27(35)36-16(2)3)20-9-7-8-10-22(20)39-26/h6,11-12,14,16,18H,1,7-10,13,15H2,2-5H3,(H,30,34). The van der Waals surface area contributed by atoms with Gasteiger partial charge in [0.25, 0.3) is 0 Å². The molecule has 1 aliphatic carbocycles. The lowest BCUT2D eigenvalue weighted by atomic mass is 9.95. The van der Waals surface area contributed by atoms with Crippen LogP contribution in [0.2, 0.25) is 5.02 Å². The average molecular weight is 589 g/mol. The van der Waals surface area contributed by atoms with Crippen LogP contribution in [-0.4, -0.2) is 38.5 Å². The Morgan fingerprint density at radius 2 is 2.03 bits per heavy atom. The highest BCUT2D eigenvalue weighted by atomic mass is 35.5. The van der Waals surface area contributed by atoms with Gasteiger partial charge in [-0.25, -0.2) is 4.79 Å². The molecule has 11 heteroatoms. The third kappa shape index (κ3) is 7.04. The minimum atomic E-state index is -0.395. The topological polar surface area (TPSA) is 95.3 Å². The number of rotatable bonds is 11. The lowest BCUT2D eigenvalue weighted by Gasteiger charge is -2.16. The van der Waals surface area contributed by atoms with Crippen molar-refractivity contribution in [2.24, 2.45) is 0 Å². The Labute approximate surface area is 242 Å². The van der Waals surface area contributed by atoms with Gasteiger partial charge in [0.15, 0.2) is 17.1 Å². The highest BCUT2D eigenvalue weighted by Gasteiger charge is 2.28.